The van der Waals surface area contributed by atoms with Crippen LogP contribution in [0, 0.1) is 0 Å². The van der Waals surface area contributed by atoms with Crippen LogP contribution in [0.1, 0.15) is 12.0 Å². The van der Waals surface area contributed by atoms with Gasteiger partial charge in [0.15, 0.2) is 0 Å². The molecular formula is C11H14N2S. The highest BCUT2D eigenvalue weighted by Crippen LogP contribution is 2.18. The third kappa shape index (κ3) is 2.84. The van der Waals surface area contributed by atoms with Crippen molar-refractivity contribution in [3.8, 4) is 0 Å². The molecule has 1 aromatic carbocycles. The summed E-state index contributed by atoms with van der Waals surface area (Å²) >= 11 is 1.95. The first-order valence-corrected chi connectivity index (χ1v) is 6.09. The summed E-state index contributed by atoms with van der Waals surface area (Å²) in [5.74, 6) is 2.20. The van der Waals surface area contributed by atoms with Crippen LogP contribution in [0.5, 0.6) is 0 Å². The van der Waals surface area contributed by atoms with Gasteiger partial charge in [0.1, 0.15) is 0 Å². The van der Waals surface area contributed by atoms with Crippen molar-refractivity contribution in [3.05, 3.63) is 35.9 Å². The Bertz CT molecular complexity index is 297. The molecule has 0 radical (unpaired) electrons. The van der Waals surface area contributed by atoms with Crippen molar-refractivity contribution < 1.29 is 0 Å². The van der Waals surface area contributed by atoms with Gasteiger partial charge in [-0.05, 0) is 12.0 Å². The largest absolute Gasteiger partial charge is 0.194 e. The minimum absolute atomic E-state index is 0.476. The molecule has 2 rings (SSSR count). The third-order valence-corrected chi connectivity index (χ3v) is 3.39. The molecule has 74 valence electrons. The van der Waals surface area contributed by atoms with Crippen LogP contribution in [-0.4, -0.2) is 18.3 Å². The van der Waals surface area contributed by atoms with Crippen molar-refractivity contribution in [2.45, 2.75) is 18.2 Å². The summed E-state index contributed by atoms with van der Waals surface area (Å²) in [5, 5.41) is 8.17. The van der Waals surface area contributed by atoms with E-state index >= 15 is 0 Å². The van der Waals surface area contributed by atoms with E-state index in [0.29, 0.717) is 6.04 Å². The molecule has 1 aromatic rings. The Hall–Kier alpha value is -0.830. The number of benzene rings is 1. The average Bonchev–Trinajstić information content (AvgIpc) is 2.72. The highest BCUT2D eigenvalue weighted by Gasteiger charge is 2.11. The number of nitrogens with zero attached hydrogens (tertiary/aromatic N) is 2. The summed E-state index contributed by atoms with van der Waals surface area (Å²) in [6.45, 7) is 0.927. The van der Waals surface area contributed by atoms with Crippen LogP contribution in [0.25, 0.3) is 0 Å². The summed E-state index contributed by atoms with van der Waals surface area (Å²) in [4.78, 5) is 0. The van der Waals surface area contributed by atoms with E-state index in [2.05, 4.69) is 40.6 Å². The van der Waals surface area contributed by atoms with Crippen molar-refractivity contribution in [3.63, 3.8) is 0 Å². The zero-order chi connectivity index (χ0) is 9.64. The molecule has 1 unspecified atom stereocenters. The van der Waals surface area contributed by atoms with Gasteiger partial charge in [0.25, 0.3) is 0 Å². The smallest absolute Gasteiger partial charge is 0.0816 e. The van der Waals surface area contributed by atoms with Crippen LogP contribution in [0.3, 0.4) is 0 Å². The van der Waals surface area contributed by atoms with Gasteiger partial charge in [-0.1, -0.05) is 30.3 Å². The number of hydrogen-bond acceptors (Lipinski definition) is 3. The summed E-state index contributed by atoms with van der Waals surface area (Å²) in [6.07, 6.45) is 1.14. The quantitative estimate of drug-likeness (QED) is 0.742. The van der Waals surface area contributed by atoms with Gasteiger partial charge >= 0.3 is 0 Å². The third-order valence-electron chi connectivity index (χ3n) is 2.23. The molecule has 0 aliphatic carbocycles. The zero-order valence-electron chi connectivity index (χ0n) is 8.10. The van der Waals surface area contributed by atoms with E-state index in [1.807, 2.05) is 11.8 Å². The predicted molar refractivity (Wildman–Crippen MR) is 60.7 cm³/mol. The van der Waals surface area contributed by atoms with Gasteiger partial charge in [-0.15, -0.1) is 0 Å². The minimum atomic E-state index is 0.476. The second kappa shape index (κ2) is 5.15. The molecule has 1 aliphatic rings. The highest BCUT2D eigenvalue weighted by atomic mass is 32.2. The van der Waals surface area contributed by atoms with Crippen LogP contribution >= 0.6 is 11.8 Å². The summed E-state index contributed by atoms with van der Waals surface area (Å²) in [5.41, 5.74) is 1.40. The second-order valence-corrected chi connectivity index (χ2v) is 4.45. The SMILES string of the molecule is c1ccc(CSCC2CCN=N2)cc1. The van der Waals surface area contributed by atoms with Crippen molar-refractivity contribution >= 4 is 11.8 Å². The normalized spacial score (nSPS) is 20.1. The molecule has 0 spiro atoms. The van der Waals surface area contributed by atoms with Crippen LogP contribution < -0.4 is 0 Å². The Morgan fingerprint density at radius 2 is 2.14 bits per heavy atom. The molecule has 0 amide bonds. The fraction of sp³-hybridized carbons (Fsp3) is 0.455. The Kier molecular flexibility index (Phi) is 3.57. The van der Waals surface area contributed by atoms with Gasteiger partial charge in [0.2, 0.25) is 0 Å². The molecule has 0 saturated carbocycles. The Labute approximate surface area is 88.8 Å². The first-order chi connectivity index (χ1) is 6.95. The molecule has 1 heterocycles. The van der Waals surface area contributed by atoms with Gasteiger partial charge in [0, 0.05) is 11.5 Å². The standard InChI is InChI=1S/C11H14N2S/c1-2-4-10(5-3-1)8-14-9-11-6-7-12-13-11/h1-5,11H,6-9H2. The van der Waals surface area contributed by atoms with E-state index < -0.39 is 0 Å². The fourth-order valence-electron chi connectivity index (χ4n) is 1.44. The number of azo groups is 1. The molecule has 1 atom stereocenters. The summed E-state index contributed by atoms with van der Waals surface area (Å²) in [7, 11) is 0. The monoisotopic (exact) mass is 206 g/mol. The van der Waals surface area contributed by atoms with Gasteiger partial charge in [-0.25, -0.2) is 0 Å². The number of rotatable bonds is 4. The second-order valence-electron chi connectivity index (χ2n) is 3.42. The number of hydrogen-bond donors (Lipinski definition) is 0. The van der Waals surface area contributed by atoms with Crippen LogP contribution in [0.4, 0.5) is 0 Å². The lowest BCUT2D eigenvalue weighted by Crippen LogP contribution is -2.03. The van der Waals surface area contributed by atoms with E-state index in [1.54, 1.807) is 0 Å². The van der Waals surface area contributed by atoms with Crippen molar-refractivity contribution in [2.75, 3.05) is 12.3 Å². The minimum Gasteiger partial charge on any atom is -0.194 e. The maximum absolute atomic E-state index is 4.17. The van der Waals surface area contributed by atoms with E-state index in [-0.39, 0.29) is 0 Å². The van der Waals surface area contributed by atoms with Crippen molar-refractivity contribution in [1.82, 2.24) is 0 Å². The van der Waals surface area contributed by atoms with Gasteiger partial charge < -0.3 is 0 Å². The van der Waals surface area contributed by atoms with Crippen LogP contribution in [0.2, 0.25) is 0 Å². The molecule has 0 saturated heterocycles. The summed E-state index contributed by atoms with van der Waals surface area (Å²) in [6, 6.07) is 11.0. The zero-order valence-corrected chi connectivity index (χ0v) is 8.91. The van der Waals surface area contributed by atoms with E-state index in [9.17, 15) is 0 Å². The predicted octanol–water partition coefficient (Wildman–Crippen LogP) is 3.14. The molecule has 2 nitrogen and oxygen atoms in total. The van der Waals surface area contributed by atoms with E-state index in [1.165, 1.54) is 5.56 Å². The lowest BCUT2D eigenvalue weighted by atomic mass is 10.2. The maximum Gasteiger partial charge on any atom is 0.0816 e. The Morgan fingerprint density at radius 3 is 2.86 bits per heavy atom. The van der Waals surface area contributed by atoms with E-state index in [4.69, 9.17) is 0 Å². The Balaban J connectivity index is 1.70. The van der Waals surface area contributed by atoms with Crippen LogP contribution in [-0.2, 0) is 5.75 Å². The molecule has 0 bridgehead atoms. The highest BCUT2D eigenvalue weighted by molar-refractivity contribution is 7.98. The first-order valence-electron chi connectivity index (χ1n) is 4.93. The lowest BCUT2D eigenvalue weighted by Gasteiger charge is -2.04. The molecule has 0 N–H and O–H groups in total. The summed E-state index contributed by atoms with van der Waals surface area (Å²) < 4.78 is 0. The fourth-order valence-corrected chi connectivity index (χ4v) is 2.49. The molecule has 1 aliphatic heterocycles. The average molecular weight is 206 g/mol. The lowest BCUT2D eigenvalue weighted by molar-refractivity contribution is 0.768. The first kappa shape index (κ1) is 9.71. The van der Waals surface area contributed by atoms with Crippen LogP contribution in [0.15, 0.2) is 40.6 Å². The van der Waals surface area contributed by atoms with Crippen molar-refractivity contribution in [1.29, 1.82) is 0 Å². The number of thioether (sulfide) groups is 1. The van der Waals surface area contributed by atoms with Gasteiger partial charge in [-0.2, -0.15) is 22.0 Å². The van der Waals surface area contributed by atoms with Crippen molar-refractivity contribution in [2.24, 2.45) is 10.2 Å². The van der Waals surface area contributed by atoms with Gasteiger partial charge in [-0.3, -0.25) is 0 Å². The van der Waals surface area contributed by atoms with E-state index in [0.717, 1.165) is 24.5 Å². The molecule has 3 heteroatoms. The molecule has 14 heavy (non-hydrogen) atoms. The molecule has 0 fully saturated rings. The van der Waals surface area contributed by atoms with Gasteiger partial charge in [0.05, 0.1) is 12.6 Å². The molecular weight excluding hydrogens is 192 g/mol. The topological polar surface area (TPSA) is 24.7 Å². The Morgan fingerprint density at radius 1 is 1.29 bits per heavy atom. The maximum atomic E-state index is 4.17. The molecule has 0 aromatic heterocycles.